The van der Waals surface area contributed by atoms with Gasteiger partial charge in [-0.3, -0.25) is 4.79 Å². The van der Waals surface area contributed by atoms with E-state index in [1.807, 2.05) is 0 Å². The molecule has 1 aliphatic carbocycles. The highest BCUT2D eigenvalue weighted by molar-refractivity contribution is 6.41. The van der Waals surface area contributed by atoms with Crippen molar-refractivity contribution in [1.82, 2.24) is 0 Å². The first-order chi connectivity index (χ1) is 7.17. The number of oxime groups is 1. The van der Waals surface area contributed by atoms with Crippen LogP contribution in [0.25, 0.3) is 0 Å². The number of hydrogen-bond acceptors (Lipinski definition) is 5. The Morgan fingerprint density at radius 3 is 3.00 bits per heavy atom. The molecule has 1 rings (SSSR count). The van der Waals surface area contributed by atoms with Gasteiger partial charge in [0.1, 0.15) is 5.71 Å². The summed E-state index contributed by atoms with van der Waals surface area (Å²) in [5.74, 6) is -0.0539. The summed E-state index contributed by atoms with van der Waals surface area (Å²) in [4.78, 5) is 11.2. The lowest BCUT2D eigenvalue weighted by Crippen LogP contribution is -2.26. The molecule has 1 atom stereocenters. The van der Waals surface area contributed by atoms with Gasteiger partial charge in [-0.25, -0.2) is 0 Å². The van der Waals surface area contributed by atoms with E-state index in [-0.39, 0.29) is 11.9 Å². The van der Waals surface area contributed by atoms with Gasteiger partial charge in [-0.2, -0.15) is 0 Å². The maximum Gasteiger partial charge on any atom is 0.306 e. The van der Waals surface area contributed by atoms with E-state index < -0.39 is 0 Å². The van der Waals surface area contributed by atoms with Crippen molar-refractivity contribution in [2.45, 2.75) is 32.6 Å². The summed E-state index contributed by atoms with van der Waals surface area (Å²) < 4.78 is 4.84. The van der Waals surface area contributed by atoms with E-state index in [0.29, 0.717) is 37.3 Å². The predicted octanol–water partition coefficient (Wildman–Crippen LogP) is 1.59. The SMILES string of the molecule is CCOC(=O)CC1CCC(=NO)C(=N)C1. The van der Waals surface area contributed by atoms with Gasteiger partial charge in [0.25, 0.3) is 0 Å². The Balaban J connectivity index is 2.41. The maximum absolute atomic E-state index is 11.2. The lowest BCUT2D eigenvalue weighted by atomic mass is 9.84. The third kappa shape index (κ3) is 3.34. The number of esters is 1. The van der Waals surface area contributed by atoms with E-state index in [0.717, 1.165) is 6.42 Å². The van der Waals surface area contributed by atoms with Gasteiger partial charge in [0.2, 0.25) is 0 Å². The van der Waals surface area contributed by atoms with Gasteiger partial charge in [-0.15, -0.1) is 0 Å². The third-order valence-electron chi connectivity index (χ3n) is 2.51. The molecule has 0 aromatic heterocycles. The van der Waals surface area contributed by atoms with Gasteiger partial charge in [0.05, 0.1) is 12.3 Å². The van der Waals surface area contributed by atoms with E-state index in [9.17, 15) is 4.79 Å². The van der Waals surface area contributed by atoms with Crippen molar-refractivity contribution in [3.8, 4) is 0 Å². The third-order valence-corrected chi connectivity index (χ3v) is 2.51. The molecule has 2 N–H and O–H groups in total. The lowest BCUT2D eigenvalue weighted by Gasteiger charge is -2.21. The van der Waals surface area contributed by atoms with E-state index in [1.54, 1.807) is 6.92 Å². The van der Waals surface area contributed by atoms with Gasteiger partial charge < -0.3 is 15.4 Å². The molecular weight excluding hydrogens is 196 g/mol. The maximum atomic E-state index is 11.2. The summed E-state index contributed by atoms with van der Waals surface area (Å²) in [6.45, 7) is 2.17. The first-order valence-electron chi connectivity index (χ1n) is 5.11. The van der Waals surface area contributed by atoms with Gasteiger partial charge in [-0.05, 0) is 32.1 Å². The van der Waals surface area contributed by atoms with Gasteiger partial charge in [-0.1, -0.05) is 5.16 Å². The smallest absolute Gasteiger partial charge is 0.306 e. The van der Waals surface area contributed by atoms with Crippen molar-refractivity contribution in [3.63, 3.8) is 0 Å². The number of nitrogens with one attached hydrogen (secondary N) is 1. The second-order valence-electron chi connectivity index (χ2n) is 3.64. The Kier molecular flexibility index (Phi) is 4.27. The minimum Gasteiger partial charge on any atom is -0.466 e. The van der Waals surface area contributed by atoms with Crippen LogP contribution in [-0.4, -0.2) is 29.2 Å². The molecule has 0 radical (unpaired) electrons. The Hall–Kier alpha value is -1.39. The van der Waals surface area contributed by atoms with Crippen LogP contribution in [0.5, 0.6) is 0 Å². The number of nitrogens with zero attached hydrogens (tertiary/aromatic N) is 1. The lowest BCUT2D eigenvalue weighted by molar-refractivity contribution is -0.144. The molecule has 15 heavy (non-hydrogen) atoms. The monoisotopic (exact) mass is 212 g/mol. The Labute approximate surface area is 88.6 Å². The largest absolute Gasteiger partial charge is 0.466 e. The molecule has 0 aliphatic heterocycles. The van der Waals surface area contributed by atoms with Crippen molar-refractivity contribution in [2.24, 2.45) is 11.1 Å². The minimum atomic E-state index is -0.209. The standard InChI is InChI=1S/C10H16N2O3/c1-2-15-10(13)6-7-3-4-9(12-14)8(11)5-7/h7,11,14H,2-6H2,1H3. The van der Waals surface area contributed by atoms with Crippen molar-refractivity contribution in [3.05, 3.63) is 0 Å². The zero-order valence-electron chi connectivity index (χ0n) is 8.82. The summed E-state index contributed by atoms with van der Waals surface area (Å²) in [5, 5.41) is 19.2. The number of carbonyl (C=O) groups excluding carboxylic acids is 1. The second kappa shape index (κ2) is 5.48. The zero-order chi connectivity index (χ0) is 11.3. The normalized spacial score (nSPS) is 24.2. The topological polar surface area (TPSA) is 82.7 Å². The molecule has 0 bridgehead atoms. The second-order valence-corrected chi connectivity index (χ2v) is 3.64. The fraction of sp³-hybridized carbons (Fsp3) is 0.700. The quantitative estimate of drug-likeness (QED) is 0.423. The first kappa shape index (κ1) is 11.7. The van der Waals surface area contributed by atoms with Crippen molar-refractivity contribution in [1.29, 1.82) is 5.41 Å². The van der Waals surface area contributed by atoms with Crippen LogP contribution in [-0.2, 0) is 9.53 Å². The summed E-state index contributed by atoms with van der Waals surface area (Å²) >= 11 is 0. The van der Waals surface area contributed by atoms with Gasteiger partial charge in [0.15, 0.2) is 0 Å². The van der Waals surface area contributed by atoms with E-state index in [1.165, 1.54) is 0 Å². The zero-order valence-corrected chi connectivity index (χ0v) is 8.82. The van der Waals surface area contributed by atoms with Crippen molar-refractivity contribution < 1.29 is 14.7 Å². The molecule has 0 spiro atoms. The molecule has 1 saturated carbocycles. The molecule has 0 saturated heterocycles. The van der Waals surface area contributed by atoms with Gasteiger partial charge >= 0.3 is 5.97 Å². The number of hydrogen-bond donors (Lipinski definition) is 2. The molecule has 0 aromatic carbocycles. The average Bonchev–Trinajstić information content (AvgIpc) is 2.18. The highest BCUT2D eigenvalue weighted by Gasteiger charge is 2.24. The summed E-state index contributed by atoms with van der Waals surface area (Å²) in [5.41, 5.74) is 0.771. The molecular formula is C10H16N2O3. The highest BCUT2D eigenvalue weighted by atomic mass is 16.5. The van der Waals surface area contributed by atoms with E-state index in [2.05, 4.69) is 5.16 Å². The molecule has 0 heterocycles. The molecule has 5 heteroatoms. The number of rotatable bonds is 3. The fourth-order valence-electron chi connectivity index (χ4n) is 1.74. The van der Waals surface area contributed by atoms with Crippen molar-refractivity contribution in [2.75, 3.05) is 6.61 Å². The summed E-state index contributed by atoms with van der Waals surface area (Å²) in [6, 6.07) is 0. The van der Waals surface area contributed by atoms with Gasteiger partial charge in [0, 0.05) is 6.42 Å². The minimum absolute atomic E-state index is 0.155. The van der Waals surface area contributed by atoms with Crippen LogP contribution in [0.15, 0.2) is 5.16 Å². The first-order valence-corrected chi connectivity index (χ1v) is 5.11. The molecule has 1 fully saturated rings. The Morgan fingerprint density at radius 2 is 2.47 bits per heavy atom. The van der Waals surface area contributed by atoms with Crippen LogP contribution >= 0.6 is 0 Å². The fourth-order valence-corrected chi connectivity index (χ4v) is 1.74. The number of carbonyl (C=O) groups is 1. The highest BCUT2D eigenvalue weighted by Crippen LogP contribution is 2.23. The summed E-state index contributed by atoms with van der Waals surface area (Å²) in [6.07, 6.45) is 2.20. The van der Waals surface area contributed by atoms with Crippen LogP contribution in [0.1, 0.15) is 32.6 Å². The van der Waals surface area contributed by atoms with Crippen LogP contribution in [0.2, 0.25) is 0 Å². The molecule has 0 amide bonds. The Bertz CT molecular complexity index is 286. The number of ether oxygens (including phenoxy) is 1. The van der Waals surface area contributed by atoms with Crippen LogP contribution in [0.4, 0.5) is 0 Å². The molecule has 1 aliphatic rings. The van der Waals surface area contributed by atoms with Crippen LogP contribution < -0.4 is 0 Å². The average molecular weight is 212 g/mol. The summed E-state index contributed by atoms with van der Waals surface area (Å²) in [7, 11) is 0. The predicted molar refractivity (Wildman–Crippen MR) is 55.5 cm³/mol. The molecule has 1 unspecified atom stereocenters. The molecule has 0 aromatic rings. The van der Waals surface area contributed by atoms with E-state index in [4.69, 9.17) is 15.4 Å². The van der Waals surface area contributed by atoms with E-state index >= 15 is 0 Å². The molecule has 84 valence electrons. The molecule has 5 nitrogen and oxygen atoms in total. The Morgan fingerprint density at radius 1 is 1.73 bits per heavy atom. The van der Waals surface area contributed by atoms with Crippen LogP contribution in [0, 0.1) is 11.3 Å². The van der Waals surface area contributed by atoms with Crippen molar-refractivity contribution >= 4 is 17.4 Å². The van der Waals surface area contributed by atoms with Crippen LogP contribution in [0.3, 0.4) is 0 Å².